The number of ether oxygens (including phenoxy) is 4. The molecule has 0 radical (unpaired) electrons. The maximum absolute atomic E-state index is 12.7. The maximum atomic E-state index is 12.7. The first kappa shape index (κ1) is 93.1. The van der Waals surface area contributed by atoms with Gasteiger partial charge < -0.3 is 45.7 Å². The molecule has 0 saturated carbocycles. The van der Waals surface area contributed by atoms with Gasteiger partial charge in [0.05, 0.1) is 52.0 Å². The Balaban J connectivity index is 0.000000159. The van der Waals surface area contributed by atoms with Gasteiger partial charge in [-0.2, -0.15) is 77.4 Å². The fraction of sp³-hybridized carbons (Fsp3) is 0.153. The van der Waals surface area contributed by atoms with Crippen molar-refractivity contribution in [3.05, 3.63) is 310 Å². The number of carboxylic acids is 1. The molecule has 4 heterocycles. The summed E-state index contributed by atoms with van der Waals surface area (Å²) >= 11 is 0.250. The third-order valence-electron chi connectivity index (χ3n) is 18.1. The lowest BCUT2D eigenvalue weighted by atomic mass is 10.1. The van der Waals surface area contributed by atoms with Crippen molar-refractivity contribution in [3.8, 4) is 46.0 Å². The Hall–Kier alpha value is -15.6. The number of nitrogens with two attached hydrogens (primary N) is 1. The van der Waals surface area contributed by atoms with Crippen LogP contribution < -0.4 is 40.6 Å². The molecule has 0 aliphatic heterocycles. The number of aromatic amines is 4. The highest BCUT2D eigenvalue weighted by molar-refractivity contribution is 7.93. The van der Waals surface area contributed by atoms with E-state index in [0.29, 0.717) is 89.9 Å². The second-order valence-corrected chi connectivity index (χ2v) is 27.5. The molecule has 29 nitrogen and oxygen atoms in total. The van der Waals surface area contributed by atoms with Gasteiger partial charge in [-0.05, 0) is 243 Å². The number of aromatic carboxylic acids is 1. The van der Waals surface area contributed by atoms with Gasteiger partial charge in [0.25, 0.3) is 17.7 Å². The predicted octanol–water partition coefficient (Wildman–Crippen LogP) is 19.8. The Morgan fingerprint density at radius 2 is 0.562 bits per heavy atom. The molecule has 660 valence electrons. The molecule has 12 aromatic carbocycles. The Morgan fingerprint density at radius 1 is 0.344 bits per heavy atom. The molecule has 0 aliphatic rings. The van der Waals surface area contributed by atoms with E-state index in [1.807, 2.05) is 18.2 Å². The summed E-state index contributed by atoms with van der Waals surface area (Å²) in [5, 5.41) is 76.4. The number of aromatic nitrogens is 16. The number of halogens is 13. The summed E-state index contributed by atoms with van der Waals surface area (Å²) in [5.74, 6) is 2.57. The number of rotatable bonds is 19. The molecule has 10 N–H and O–H groups in total. The Kier molecular flexibility index (Phi) is 30.4. The van der Waals surface area contributed by atoms with E-state index in [1.165, 1.54) is 66.9 Å². The number of nitrogens with one attached hydrogen (secondary N) is 7. The van der Waals surface area contributed by atoms with Crippen LogP contribution >= 0.6 is 12.1 Å². The van der Waals surface area contributed by atoms with Gasteiger partial charge in [-0.25, -0.2) is 4.79 Å². The van der Waals surface area contributed by atoms with Crippen LogP contribution in [0.4, 0.5) is 56.6 Å². The third kappa shape index (κ3) is 25.3. The molecule has 16 aromatic rings. The lowest BCUT2D eigenvalue weighted by Gasteiger charge is -2.13. The van der Waals surface area contributed by atoms with Crippen molar-refractivity contribution >= 4 is 78.9 Å². The highest BCUT2D eigenvalue weighted by Crippen LogP contribution is 2.40. The zero-order chi connectivity index (χ0) is 92.0. The standard InChI is InChI=1S/3C21H16F3N5O2.C18H11F3O3.C3H7N5.CH3FS/c3*1-12(19-26-28-29-27-19)25-20(30)14-5-10-17-13(11-14)3-2-4-18(17)31-16-8-6-15(7-9-16)21(22,23)24;19-18(20,21)13-5-7-14(8-6-13)24-16-3-1-2-11-10-12(17(22)23)4-9-15(11)16;1-2(4)3-5-7-8-6-3;1-3-2/h3*2-12H,1H3,(H,25,30)(H,26,27,28,29);1-10H,(H,22,23);2H,4H2,1H3,(H,5,6,7,8);1H3/t2*12-;;;;/m10..../s1. The van der Waals surface area contributed by atoms with Crippen molar-refractivity contribution in [2.24, 2.45) is 5.73 Å². The zero-order valence-electron chi connectivity index (χ0n) is 66.9. The first-order valence-corrected chi connectivity index (χ1v) is 38.6. The number of H-pyrrole nitrogens is 4. The lowest BCUT2D eigenvalue weighted by molar-refractivity contribution is -0.138. The van der Waals surface area contributed by atoms with Gasteiger partial charge >= 0.3 is 30.7 Å². The summed E-state index contributed by atoms with van der Waals surface area (Å²) < 4.78 is 185. The van der Waals surface area contributed by atoms with Gasteiger partial charge in [-0.3, -0.25) is 14.4 Å². The van der Waals surface area contributed by atoms with Crippen LogP contribution in [0.25, 0.3) is 43.1 Å². The summed E-state index contributed by atoms with van der Waals surface area (Å²) in [6.07, 6.45) is -16.2. The summed E-state index contributed by atoms with van der Waals surface area (Å²) in [5.41, 5.74) is 3.81. The number of tetrazole rings is 4. The summed E-state index contributed by atoms with van der Waals surface area (Å²) in [4.78, 5) is 48.7. The van der Waals surface area contributed by atoms with Crippen LogP contribution in [0.15, 0.2) is 243 Å². The van der Waals surface area contributed by atoms with Gasteiger partial charge in [0.15, 0.2) is 23.3 Å². The maximum Gasteiger partial charge on any atom is 0.416 e. The van der Waals surface area contributed by atoms with E-state index in [0.717, 1.165) is 64.7 Å². The predicted molar refractivity (Wildman–Crippen MR) is 440 cm³/mol. The van der Waals surface area contributed by atoms with Crippen LogP contribution in [-0.4, -0.2) is 118 Å². The average molecular weight is 1790 g/mol. The first-order chi connectivity index (χ1) is 61.0. The van der Waals surface area contributed by atoms with Gasteiger partial charge in [-0.1, -0.05) is 69.4 Å². The number of amides is 3. The molecule has 0 spiro atoms. The summed E-state index contributed by atoms with van der Waals surface area (Å²) in [6.45, 7) is 7.00. The SMILES string of the molecule is CC(N)c1nn[nH]n1.CC(NC(=O)c1ccc2c(Oc3ccc(C(F)(F)F)cc3)cccc2c1)c1nn[nH]n1.CSF.C[C@@H](NC(=O)c1ccc2c(Oc3ccc(C(F)(F)F)cc3)cccc2c1)c1nn[nH]n1.C[C@H](NC(=O)c1ccc2c(Oc3ccc(C(F)(F)F)cc3)cccc2c1)c1nn[nH]n1.O=C(O)c1ccc2c(Oc3ccc(C(F)(F)F)cc3)cccc2c1. The zero-order valence-corrected chi connectivity index (χ0v) is 67.7. The second kappa shape index (κ2) is 41.7. The first-order valence-electron chi connectivity index (χ1n) is 37.5. The molecule has 16 rings (SSSR count). The number of fused-ring (bicyclic) bond motifs is 4. The van der Waals surface area contributed by atoms with Crippen LogP contribution in [0.1, 0.15) is 139 Å². The Bertz CT molecular complexity index is 5930. The van der Waals surface area contributed by atoms with Crippen LogP contribution in [-0.2, 0) is 24.7 Å². The highest BCUT2D eigenvalue weighted by Gasteiger charge is 2.34. The molecule has 0 fully saturated rings. The average Bonchev–Trinajstić information content (AvgIpc) is 0.838. The van der Waals surface area contributed by atoms with Gasteiger partial charge in [-0.15, -0.1) is 40.8 Å². The number of alkyl halides is 12. The normalized spacial score (nSPS) is 12.2. The van der Waals surface area contributed by atoms with Crippen LogP contribution in [0.2, 0.25) is 0 Å². The number of hydrogen-bond acceptors (Lipinski definition) is 22. The minimum atomic E-state index is -4.41. The third-order valence-corrected chi connectivity index (χ3v) is 18.1. The molecule has 0 aliphatic carbocycles. The van der Waals surface area contributed by atoms with Crippen LogP contribution in [0.5, 0.6) is 46.0 Å². The van der Waals surface area contributed by atoms with Crippen LogP contribution in [0.3, 0.4) is 0 Å². The number of nitrogens with zero attached hydrogens (tertiary/aromatic N) is 12. The molecule has 4 aromatic heterocycles. The van der Waals surface area contributed by atoms with E-state index in [1.54, 1.807) is 143 Å². The summed E-state index contributed by atoms with van der Waals surface area (Å²) in [7, 11) is 0. The molecule has 3 amide bonds. The van der Waals surface area contributed by atoms with E-state index in [2.05, 4.69) is 98.4 Å². The van der Waals surface area contributed by atoms with E-state index in [4.69, 9.17) is 29.8 Å². The van der Waals surface area contributed by atoms with Crippen LogP contribution in [0, 0.1) is 0 Å². The van der Waals surface area contributed by atoms with E-state index < -0.39 is 71.1 Å². The van der Waals surface area contributed by atoms with Crippen molar-refractivity contribution in [1.29, 1.82) is 0 Å². The Morgan fingerprint density at radius 3 is 0.758 bits per heavy atom. The fourth-order valence-corrected chi connectivity index (χ4v) is 11.7. The largest absolute Gasteiger partial charge is 0.478 e. The Labute approximate surface area is 719 Å². The van der Waals surface area contributed by atoms with Crippen molar-refractivity contribution in [3.63, 3.8) is 0 Å². The quantitative estimate of drug-likeness (QED) is 0.0340. The van der Waals surface area contributed by atoms with Crippen molar-refractivity contribution in [1.82, 2.24) is 98.4 Å². The highest BCUT2D eigenvalue weighted by atomic mass is 32.2. The van der Waals surface area contributed by atoms with Crippen molar-refractivity contribution < 1.29 is 99.8 Å². The molecule has 0 bridgehead atoms. The van der Waals surface area contributed by atoms with E-state index in [9.17, 15) is 75.7 Å². The number of benzene rings is 12. The van der Waals surface area contributed by atoms with E-state index >= 15 is 0 Å². The lowest BCUT2D eigenvalue weighted by Crippen LogP contribution is -2.27. The smallest absolute Gasteiger partial charge is 0.416 e. The van der Waals surface area contributed by atoms with Crippen molar-refractivity contribution in [2.45, 2.75) is 76.6 Å². The number of hydrogen-bond donors (Lipinski definition) is 9. The fourth-order valence-electron chi connectivity index (χ4n) is 11.7. The van der Waals surface area contributed by atoms with E-state index in [-0.39, 0.29) is 64.5 Å². The molecule has 128 heavy (non-hydrogen) atoms. The van der Waals surface area contributed by atoms with Gasteiger partial charge in [0.1, 0.15) is 46.0 Å². The van der Waals surface area contributed by atoms with Crippen molar-refractivity contribution in [2.75, 3.05) is 6.26 Å². The molecule has 43 heteroatoms. The summed E-state index contributed by atoms with van der Waals surface area (Å²) in [6, 6.07) is 57.0. The monoisotopic (exact) mass is 1790 g/mol. The number of carbonyl (C=O) groups is 4. The topological polar surface area (TPSA) is 405 Å². The molecular formula is C85H69F13N20O9S. The molecule has 0 saturated heterocycles. The number of carboxylic acid groups (broad SMARTS) is 1. The number of carbonyl (C=O) groups excluding carboxylic acids is 3. The molecular weight excluding hydrogens is 1720 g/mol. The van der Waals surface area contributed by atoms with Gasteiger partial charge in [0, 0.05) is 56.6 Å². The molecule has 4 atom stereocenters. The molecule has 2 unspecified atom stereocenters. The minimum absolute atomic E-state index is 0.131. The minimum Gasteiger partial charge on any atom is -0.478 e. The second-order valence-electron chi connectivity index (χ2n) is 27.2. The van der Waals surface area contributed by atoms with Gasteiger partial charge in [0.2, 0.25) is 0 Å².